The van der Waals surface area contributed by atoms with Crippen LogP contribution < -0.4 is 11.5 Å². The molecule has 6 N–H and O–H groups in total. The van der Waals surface area contributed by atoms with E-state index in [1.54, 1.807) is 12.1 Å². The van der Waals surface area contributed by atoms with Crippen molar-refractivity contribution < 1.29 is 34.4 Å². The summed E-state index contributed by atoms with van der Waals surface area (Å²) in [6.45, 7) is 0. The van der Waals surface area contributed by atoms with E-state index >= 15 is 0 Å². The predicted octanol–water partition coefficient (Wildman–Crippen LogP) is -0.544. The summed E-state index contributed by atoms with van der Waals surface area (Å²) in [6, 6.07) is 3.74. The molecule has 0 aliphatic heterocycles. The van der Waals surface area contributed by atoms with E-state index in [0.29, 0.717) is 5.56 Å². The second-order valence-electron chi connectivity index (χ2n) is 4.82. The standard InChI is InChI=1S/C14H18N2O7/c15-10(5-6-12(18)19)13(20)22-23-14(21)11(16)7-8-1-3-9(17)4-2-8/h1-4,10-11,17H,5-7,15-16H2,(H,18,19)/t10-,11?/m1/s1. The normalized spacial score (nSPS) is 13.0. The second kappa shape index (κ2) is 8.71. The highest BCUT2D eigenvalue weighted by molar-refractivity contribution is 5.79. The van der Waals surface area contributed by atoms with Gasteiger partial charge < -0.3 is 21.7 Å². The maximum atomic E-state index is 11.6. The molecule has 0 bridgehead atoms. The summed E-state index contributed by atoms with van der Waals surface area (Å²) >= 11 is 0. The molecular formula is C14H18N2O7. The Morgan fingerprint density at radius 1 is 1.00 bits per heavy atom. The Kier molecular flexibility index (Phi) is 6.97. The van der Waals surface area contributed by atoms with Crippen molar-refractivity contribution in [2.45, 2.75) is 31.3 Å². The largest absolute Gasteiger partial charge is 0.508 e. The summed E-state index contributed by atoms with van der Waals surface area (Å²) in [5.41, 5.74) is 11.7. The number of hydrogen-bond acceptors (Lipinski definition) is 8. The van der Waals surface area contributed by atoms with Crippen LogP contribution in [-0.2, 0) is 30.6 Å². The lowest BCUT2D eigenvalue weighted by molar-refractivity contribution is -0.261. The summed E-state index contributed by atoms with van der Waals surface area (Å²) in [6.07, 6.45) is -0.350. The van der Waals surface area contributed by atoms with Gasteiger partial charge in [0.05, 0.1) is 0 Å². The van der Waals surface area contributed by atoms with Crippen LogP contribution in [0, 0.1) is 0 Å². The van der Waals surface area contributed by atoms with Gasteiger partial charge in [0.2, 0.25) is 0 Å². The number of rotatable bonds is 7. The van der Waals surface area contributed by atoms with Crippen molar-refractivity contribution in [3.05, 3.63) is 29.8 Å². The molecule has 0 heterocycles. The quantitative estimate of drug-likeness (QED) is 0.380. The highest BCUT2D eigenvalue weighted by atomic mass is 17.2. The van der Waals surface area contributed by atoms with Crippen molar-refractivity contribution in [3.63, 3.8) is 0 Å². The van der Waals surface area contributed by atoms with E-state index in [9.17, 15) is 14.4 Å². The first kappa shape index (κ1) is 18.4. The Balaban J connectivity index is 2.38. The lowest BCUT2D eigenvalue weighted by Gasteiger charge is -2.12. The molecule has 9 heteroatoms. The molecule has 1 aromatic rings. The number of aromatic hydroxyl groups is 1. The molecular weight excluding hydrogens is 308 g/mol. The first-order valence-corrected chi connectivity index (χ1v) is 6.72. The zero-order valence-corrected chi connectivity index (χ0v) is 12.2. The number of carboxylic acids is 1. The van der Waals surface area contributed by atoms with Gasteiger partial charge in [0.25, 0.3) is 0 Å². The summed E-state index contributed by atoms with van der Waals surface area (Å²) in [5, 5.41) is 17.6. The van der Waals surface area contributed by atoms with Gasteiger partial charge in [0.1, 0.15) is 17.8 Å². The number of carbonyl (C=O) groups excluding carboxylic acids is 2. The fourth-order valence-corrected chi connectivity index (χ4v) is 1.57. The van der Waals surface area contributed by atoms with Crippen LogP contribution in [0.3, 0.4) is 0 Å². The molecule has 0 radical (unpaired) electrons. The summed E-state index contributed by atoms with van der Waals surface area (Å²) in [7, 11) is 0. The van der Waals surface area contributed by atoms with E-state index in [1.807, 2.05) is 0 Å². The highest BCUT2D eigenvalue weighted by Crippen LogP contribution is 2.11. The third-order valence-corrected chi connectivity index (χ3v) is 2.87. The van der Waals surface area contributed by atoms with Gasteiger partial charge in [0, 0.05) is 6.42 Å². The Morgan fingerprint density at radius 3 is 2.04 bits per heavy atom. The third kappa shape index (κ3) is 6.76. The van der Waals surface area contributed by atoms with E-state index in [2.05, 4.69) is 9.78 Å². The van der Waals surface area contributed by atoms with Crippen LogP contribution in [0.25, 0.3) is 0 Å². The van der Waals surface area contributed by atoms with Crippen molar-refractivity contribution in [2.24, 2.45) is 11.5 Å². The molecule has 2 atom stereocenters. The van der Waals surface area contributed by atoms with Crippen LogP contribution in [0.15, 0.2) is 24.3 Å². The molecule has 0 aromatic heterocycles. The number of hydrogen-bond donors (Lipinski definition) is 4. The van der Waals surface area contributed by atoms with Gasteiger partial charge in [-0.2, -0.15) is 0 Å². The van der Waals surface area contributed by atoms with Gasteiger partial charge >= 0.3 is 17.9 Å². The Labute approximate surface area is 131 Å². The number of aliphatic carboxylic acids is 1. The molecule has 0 saturated carbocycles. The van der Waals surface area contributed by atoms with Crippen molar-refractivity contribution in [1.82, 2.24) is 0 Å². The van der Waals surface area contributed by atoms with Crippen LogP contribution in [0.5, 0.6) is 5.75 Å². The third-order valence-electron chi connectivity index (χ3n) is 2.87. The lowest BCUT2D eigenvalue weighted by Crippen LogP contribution is -2.38. The minimum absolute atomic E-state index is 0.0779. The fourth-order valence-electron chi connectivity index (χ4n) is 1.57. The van der Waals surface area contributed by atoms with Crippen LogP contribution in [0.1, 0.15) is 18.4 Å². The monoisotopic (exact) mass is 326 g/mol. The van der Waals surface area contributed by atoms with Gasteiger partial charge in [-0.15, -0.1) is 0 Å². The van der Waals surface area contributed by atoms with Gasteiger partial charge in [0.15, 0.2) is 0 Å². The van der Waals surface area contributed by atoms with Crippen LogP contribution >= 0.6 is 0 Å². The Morgan fingerprint density at radius 2 is 1.52 bits per heavy atom. The van der Waals surface area contributed by atoms with Crippen molar-refractivity contribution in [1.29, 1.82) is 0 Å². The fraction of sp³-hybridized carbons (Fsp3) is 0.357. The predicted molar refractivity (Wildman–Crippen MR) is 76.8 cm³/mol. The van der Waals surface area contributed by atoms with Crippen LogP contribution in [0.4, 0.5) is 0 Å². The van der Waals surface area contributed by atoms with Gasteiger partial charge in [-0.25, -0.2) is 19.4 Å². The molecule has 0 aliphatic carbocycles. The summed E-state index contributed by atoms with van der Waals surface area (Å²) in [5.74, 6) is -3.07. The number of carboxylic acid groups (broad SMARTS) is 1. The minimum Gasteiger partial charge on any atom is -0.508 e. The van der Waals surface area contributed by atoms with E-state index in [0.717, 1.165) is 0 Å². The molecule has 1 unspecified atom stereocenters. The average Bonchev–Trinajstić information content (AvgIpc) is 2.51. The van der Waals surface area contributed by atoms with E-state index in [-0.39, 0.29) is 25.0 Å². The molecule has 9 nitrogen and oxygen atoms in total. The van der Waals surface area contributed by atoms with Crippen LogP contribution in [0.2, 0.25) is 0 Å². The van der Waals surface area contributed by atoms with Gasteiger partial charge in [-0.3, -0.25) is 4.79 Å². The van der Waals surface area contributed by atoms with Crippen molar-refractivity contribution >= 4 is 17.9 Å². The van der Waals surface area contributed by atoms with Gasteiger partial charge in [-0.1, -0.05) is 12.1 Å². The number of carbonyl (C=O) groups is 3. The van der Waals surface area contributed by atoms with E-state index in [4.69, 9.17) is 21.7 Å². The van der Waals surface area contributed by atoms with Gasteiger partial charge in [-0.05, 0) is 30.5 Å². The maximum absolute atomic E-state index is 11.6. The minimum atomic E-state index is -1.22. The maximum Gasteiger partial charge on any atom is 0.372 e. The molecule has 0 saturated heterocycles. The zero-order chi connectivity index (χ0) is 17.4. The number of phenolic OH excluding ortho intramolecular Hbond substituents is 1. The first-order valence-electron chi connectivity index (χ1n) is 6.72. The number of phenols is 1. The number of nitrogens with two attached hydrogens (primary N) is 2. The Hall–Kier alpha value is -2.65. The highest BCUT2D eigenvalue weighted by Gasteiger charge is 2.22. The summed E-state index contributed by atoms with van der Waals surface area (Å²) < 4.78 is 0. The molecule has 126 valence electrons. The lowest BCUT2D eigenvalue weighted by atomic mass is 10.1. The van der Waals surface area contributed by atoms with E-state index in [1.165, 1.54) is 12.1 Å². The molecule has 0 spiro atoms. The zero-order valence-electron chi connectivity index (χ0n) is 12.2. The molecule has 0 fully saturated rings. The SMILES string of the molecule is NC(Cc1ccc(O)cc1)C(=O)OOC(=O)[C@H](N)CCC(=O)O. The molecule has 1 rings (SSSR count). The first-order chi connectivity index (χ1) is 10.8. The molecule has 23 heavy (non-hydrogen) atoms. The molecule has 0 aliphatic rings. The van der Waals surface area contributed by atoms with Crippen molar-refractivity contribution in [3.8, 4) is 5.75 Å². The number of benzene rings is 1. The topological polar surface area (TPSA) is 162 Å². The molecule has 0 amide bonds. The molecule has 1 aromatic carbocycles. The van der Waals surface area contributed by atoms with Crippen LogP contribution in [-0.4, -0.2) is 40.2 Å². The summed E-state index contributed by atoms with van der Waals surface area (Å²) in [4.78, 5) is 41.9. The second-order valence-corrected chi connectivity index (χ2v) is 4.82. The van der Waals surface area contributed by atoms with Crippen molar-refractivity contribution in [2.75, 3.05) is 0 Å². The smallest absolute Gasteiger partial charge is 0.372 e. The average molecular weight is 326 g/mol. The Bertz CT molecular complexity index is 559. The van der Waals surface area contributed by atoms with E-state index < -0.39 is 30.0 Å².